The zero-order valence-corrected chi connectivity index (χ0v) is 25.2. The van der Waals surface area contributed by atoms with Crippen LogP contribution < -0.4 is 15.4 Å². The first-order valence-corrected chi connectivity index (χ1v) is 14.3. The van der Waals surface area contributed by atoms with Gasteiger partial charge < -0.3 is 10.5 Å². The molecule has 3 aromatic rings. The number of Topliss-reactive ketones (excluding diaryl/α,β-unsaturated/α-hetero) is 1. The number of rotatable bonds is 5. The largest absolute Gasteiger partial charge is 0.489 e. The summed E-state index contributed by atoms with van der Waals surface area (Å²) in [7, 11) is 0. The number of ether oxygens (including phenoxy) is 1. The predicted molar refractivity (Wildman–Crippen MR) is 163 cm³/mol. The molecule has 2 N–H and O–H groups in total. The number of carbonyl (C=O) groups excluding carboxylic acids is 1. The third-order valence-electron chi connectivity index (χ3n) is 7.68. The highest BCUT2D eigenvalue weighted by Gasteiger charge is 2.45. The fourth-order valence-corrected chi connectivity index (χ4v) is 6.17. The highest BCUT2D eigenvalue weighted by Crippen LogP contribution is 2.51. The van der Waals surface area contributed by atoms with E-state index < -0.39 is 5.92 Å². The molecule has 204 valence electrons. The van der Waals surface area contributed by atoms with Crippen LogP contribution in [-0.4, -0.2) is 5.78 Å². The van der Waals surface area contributed by atoms with Gasteiger partial charge in [0.2, 0.25) is 0 Å². The van der Waals surface area contributed by atoms with Crippen molar-refractivity contribution in [2.45, 2.75) is 53.1 Å². The van der Waals surface area contributed by atoms with Crippen molar-refractivity contribution in [3.8, 4) is 11.8 Å². The topological polar surface area (TPSA) is 79.3 Å². The van der Waals surface area contributed by atoms with E-state index in [9.17, 15) is 14.4 Å². The smallest absolute Gasteiger partial charge is 0.162 e. The van der Waals surface area contributed by atoms with Crippen LogP contribution in [0.3, 0.4) is 0 Å². The average molecular weight is 648 g/mol. The summed E-state index contributed by atoms with van der Waals surface area (Å²) in [5, 5.41) is 10.5. The van der Waals surface area contributed by atoms with Crippen LogP contribution in [0.2, 0.25) is 0 Å². The van der Waals surface area contributed by atoms with Crippen molar-refractivity contribution >= 4 is 34.1 Å². The van der Waals surface area contributed by atoms with Gasteiger partial charge in [-0.3, -0.25) is 9.69 Å². The molecular weight excluding hydrogens is 616 g/mol. The Balaban J connectivity index is 1.66. The van der Waals surface area contributed by atoms with Crippen molar-refractivity contribution in [2.24, 2.45) is 11.1 Å². The quantitative estimate of drug-likeness (QED) is 0.289. The van der Waals surface area contributed by atoms with Crippen LogP contribution in [-0.2, 0) is 11.4 Å². The standard InChI is InChI=1S/C33H31FIN3O2/c1-19-13-21(18-40-25-11-5-22(34)6-12-25)20(2)26(14-19)30-27(17-36)32(37)38(24-9-7-23(35)8-10-24)28-15-33(3,4)16-29(39)31(28)30/h5-14,30H,15-16,18,37H2,1-4H3. The maximum absolute atomic E-state index is 13.9. The van der Waals surface area contributed by atoms with Crippen molar-refractivity contribution in [2.75, 3.05) is 4.90 Å². The van der Waals surface area contributed by atoms with E-state index in [0.717, 1.165) is 37.2 Å². The van der Waals surface area contributed by atoms with Crippen LogP contribution in [0.4, 0.5) is 10.1 Å². The maximum Gasteiger partial charge on any atom is 0.162 e. The SMILES string of the molecule is Cc1cc(COc2ccc(F)cc2)c(C)c(C2C(C#N)=C(N)N(c3ccc(I)cc3)C3=C2C(=O)CC(C)(C)C3)c1. The van der Waals surface area contributed by atoms with E-state index in [-0.39, 0.29) is 23.6 Å². The Hall–Kier alpha value is -3.64. The molecule has 1 heterocycles. The molecule has 0 saturated carbocycles. The highest BCUT2D eigenvalue weighted by molar-refractivity contribution is 14.1. The second-order valence-electron chi connectivity index (χ2n) is 11.3. The summed E-state index contributed by atoms with van der Waals surface area (Å²) in [5.74, 6) is 0.0511. The van der Waals surface area contributed by atoms with Gasteiger partial charge in [-0.15, -0.1) is 0 Å². The minimum absolute atomic E-state index is 0.0389. The van der Waals surface area contributed by atoms with E-state index in [4.69, 9.17) is 10.5 Å². The first kappa shape index (κ1) is 27.9. The van der Waals surface area contributed by atoms with Gasteiger partial charge in [0.25, 0.3) is 0 Å². The van der Waals surface area contributed by atoms with Crippen molar-refractivity contribution in [1.29, 1.82) is 5.26 Å². The number of carbonyl (C=O) groups is 1. The summed E-state index contributed by atoms with van der Waals surface area (Å²) in [5.41, 5.74) is 13.0. The third kappa shape index (κ3) is 5.25. The molecule has 0 aromatic heterocycles. The summed E-state index contributed by atoms with van der Waals surface area (Å²) in [6.45, 7) is 8.44. The molecule has 0 saturated heterocycles. The maximum atomic E-state index is 13.9. The fraction of sp³-hybridized carbons (Fsp3) is 0.273. The summed E-state index contributed by atoms with van der Waals surface area (Å²) in [6.07, 6.45) is 1.05. The number of nitrogens with zero attached hydrogens (tertiary/aromatic N) is 2. The first-order valence-electron chi connectivity index (χ1n) is 13.2. The number of anilines is 1. The monoisotopic (exact) mass is 647 g/mol. The molecule has 5 nitrogen and oxygen atoms in total. The number of nitrogens with two attached hydrogens (primary N) is 1. The van der Waals surface area contributed by atoms with E-state index in [2.05, 4.69) is 42.5 Å². The molecule has 0 bridgehead atoms. The van der Waals surface area contributed by atoms with Gasteiger partial charge in [0.1, 0.15) is 24.0 Å². The zero-order valence-electron chi connectivity index (χ0n) is 23.0. The Bertz CT molecular complexity index is 1600. The lowest BCUT2D eigenvalue weighted by Crippen LogP contribution is -2.42. The fourth-order valence-electron chi connectivity index (χ4n) is 5.81. The van der Waals surface area contributed by atoms with Gasteiger partial charge in [-0.2, -0.15) is 5.26 Å². The van der Waals surface area contributed by atoms with Crippen LogP contribution >= 0.6 is 22.6 Å². The first-order chi connectivity index (χ1) is 19.0. The van der Waals surface area contributed by atoms with Crippen LogP contribution in [0.5, 0.6) is 5.75 Å². The Kier molecular flexibility index (Phi) is 7.49. The number of hydrogen-bond donors (Lipinski definition) is 1. The van der Waals surface area contributed by atoms with Crippen LogP contribution in [0, 0.1) is 40.0 Å². The molecular formula is C33H31FIN3O2. The highest BCUT2D eigenvalue weighted by atomic mass is 127. The van der Waals surface area contributed by atoms with E-state index in [0.29, 0.717) is 35.6 Å². The average Bonchev–Trinajstić information content (AvgIpc) is 2.89. The van der Waals surface area contributed by atoms with Gasteiger partial charge in [-0.25, -0.2) is 4.39 Å². The number of halogens is 2. The van der Waals surface area contributed by atoms with Crippen molar-refractivity contribution in [3.63, 3.8) is 0 Å². The van der Waals surface area contributed by atoms with Gasteiger partial charge in [-0.05, 0) is 113 Å². The van der Waals surface area contributed by atoms with E-state index in [1.54, 1.807) is 12.1 Å². The number of allylic oxidation sites excluding steroid dienone is 3. The second-order valence-corrected chi connectivity index (χ2v) is 12.6. The lowest BCUT2D eigenvalue weighted by molar-refractivity contribution is -0.118. The molecule has 0 spiro atoms. The molecule has 0 fully saturated rings. The van der Waals surface area contributed by atoms with Crippen LogP contribution in [0.15, 0.2) is 83.3 Å². The molecule has 7 heteroatoms. The number of benzene rings is 3. The minimum atomic E-state index is -0.576. The van der Waals surface area contributed by atoms with Crippen LogP contribution in [0.25, 0.3) is 0 Å². The zero-order chi connectivity index (χ0) is 28.8. The number of ketones is 1. The summed E-state index contributed by atoms with van der Waals surface area (Å²) < 4.78 is 20.4. The summed E-state index contributed by atoms with van der Waals surface area (Å²) in [6, 6.07) is 20.3. The third-order valence-corrected chi connectivity index (χ3v) is 8.40. The summed E-state index contributed by atoms with van der Waals surface area (Å²) in [4.78, 5) is 15.8. The Morgan fingerprint density at radius 3 is 2.42 bits per heavy atom. The van der Waals surface area contributed by atoms with Gasteiger partial charge in [-0.1, -0.05) is 31.5 Å². The molecule has 1 atom stereocenters. The molecule has 0 radical (unpaired) electrons. The summed E-state index contributed by atoms with van der Waals surface area (Å²) >= 11 is 2.26. The lowest BCUT2D eigenvalue weighted by atomic mass is 9.68. The van der Waals surface area contributed by atoms with Crippen molar-refractivity contribution in [1.82, 2.24) is 0 Å². The van der Waals surface area contributed by atoms with Crippen molar-refractivity contribution in [3.05, 3.63) is 115 Å². The Morgan fingerprint density at radius 1 is 1.10 bits per heavy atom. The van der Waals surface area contributed by atoms with E-state index in [1.807, 2.05) is 55.1 Å². The molecule has 0 amide bonds. The molecule has 40 heavy (non-hydrogen) atoms. The number of nitriles is 1. The molecule has 1 unspecified atom stereocenters. The molecule has 1 aliphatic carbocycles. The minimum Gasteiger partial charge on any atom is -0.489 e. The molecule has 5 rings (SSSR count). The van der Waals surface area contributed by atoms with Gasteiger partial charge >= 0.3 is 0 Å². The van der Waals surface area contributed by atoms with E-state index >= 15 is 0 Å². The lowest BCUT2D eigenvalue weighted by Gasteiger charge is -2.44. The Morgan fingerprint density at radius 2 is 1.77 bits per heavy atom. The second kappa shape index (κ2) is 10.7. The Labute approximate surface area is 248 Å². The van der Waals surface area contributed by atoms with Crippen LogP contribution in [0.1, 0.15) is 54.9 Å². The van der Waals surface area contributed by atoms with E-state index in [1.165, 1.54) is 12.1 Å². The normalized spacial score (nSPS) is 18.5. The van der Waals surface area contributed by atoms with Gasteiger partial charge in [0.15, 0.2) is 5.78 Å². The number of hydrogen-bond acceptors (Lipinski definition) is 5. The molecule has 2 aliphatic rings. The van der Waals surface area contributed by atoms with Gasteiger partial charge in [0.05, 0.1) is 17.6 Å². The predicted octanol–water partition coefficient (Wildman–Crippen LogP) is 7.57. The molecule has 1 aliphatic heterocycles. The number of aryl methyl sites for hydroxylation is 1. The van der Waals surface area contributed by atoms with Crippen molar-refractivity contribution < 1.29 is 13.9 Å². The molecule has 3 aromatic carbocycles. The van der Waals surface area contributed by atoms with Gasteiger partial charge in [0, 0.05) is 26.9 Å².